The Kier molecular flexibility index (Phi) is 5.11. The van der Waals surface area contributed by atoms with Crippen molar-refractivity contribution in [2.24, 2.45) is 0 Å². The van der Waals surface area contributed by atoms with Gasteiger partial charge in [-0.15, -0.1) is 0 Å². The van der Waals surface area contributed by atoms with Crippen molar-refractivity contribution < 1.29 is 0 Å². The zero-order valence-corrected chi connectivity index (χ0v) is 17.3. The van der Waals surface area contributed by atoms with Crippen LogP contribution in [0.5, 0.6) is 0 Å². The number of hydrogen-bond acceptors (Lipinski definition) is 5. The topological polar surface area (TPSA) is 72.9 Å². The summed E-state index contributed by atoms with van der Waals surface area (Å²) in [7, 11) is 0. The van der Waals surface area contributed by atoms with E-state index in [0.29, 0.717) is 11.9 Å². The summed E-state index contributed by atoms with van der Waals surface area (Å²) in [5.41, 5.74) is 10.4. The summed E-state index contributed by atoms with van der Waals surface area (Å²) in [6.07, 6.45) is 5.37. The molecule has 1 aliphatic heterocycles. The third-order valence-corrected chi connectivity index (χ3v) is 6.08. The number of rotatable bonds is 4. The Labute approximate surface area is 180 Å². The minimum absolute atomic E-state index is 0.346. The normalized spacial score (nSPS) is 15.6. The van der Waals surface area contributed by atoms with Gasteiger partial charge in [0, 0.05) is 24.7 Å². The van der Waals surface area contributed by atoms with E-state index in [4.69, 9.17) is 17.3 Å². The number of hydrogen-bond donors (Lipinski definition) is 1. The molecule has 0 amide bonds. The number of likely N-dealkylation sites (tertiary alicyclic amines) is 1. The molecule has 0 radical (unpaired) electrons. The van der Waals surface area contributed by atoms with Crippen molar-refractivity contribution in [1.82, 2.24) is 24.6 Å². The lowest BCUT2D eigenvalue weighted by Crippen LogP contribution is -2.34. The van der Waals surface area contributed by atoms with E-state index in [2.05, 4.69) is 50.3 Å². The highest BCUT2D eigenvalue weighted by atomic mass is 35.5. The molecule has 1 fully saturated rings. The van der Waals surface area contributed by atoms with Crippen LogP contribution in [0.3, 0.4) is 0 Å². The Bertz CT molecular complexity index is 1160. The number of aromatic nitrogens is 4. The second-order valence-corrected chi connectivity index (χ2v) is 8.24. The van der Waals surface area contributed by atoms with Gasteiger partial charge in [-0.25, -0.2) is 14.6 Å². The fraction of sp³-hybridized carbons (Fsp3) is 0.261. The lowest BCUT2D eigenvalue weighted by Gasteiger charge is -2.32. The minimum Gasteiger partial charge on any atom is -0.383 e. The first-order chi connectivity index (χ1) is 14.7. The van der Waals surface area contributed by atoms with Crippen molar-refractivity contribution in [2.75, 3.05) is 18.8 Å². The molecule has 152 valence electrons. The smallest absolute Gasteiger partial charge is 0.163 e. The van der Waals surface area contributed by atoms with Crippen molar-refractivity contribution in [3.05, 3.63) is 71.6 Å². The average Bonchev–Trinajstić information content (AvgIpc) is 3.20. The van der Waals surface area contributed by atoms with Gasteiger partial charge < -0.3 is 5.73 Å². The van der Waals surface area contributed by atoms with Crippen LogP contribution in [0.25, 0.3) is 22.2 Å². The molecule has 4 aromatic rings. The molecule has 0 bridgehead atoms. The van der Waals surface area contributed by atoms with E-state index >= 15 is 0 Å². The quantitative estimate of drug-likeness (QED) is 0.525. The van der Waals surface area contributed by atoms with Gasteiger partial charge in [-0.1, -0.05) is 48.0 Å². The van der Waals surface area contributed by atoms with Crippen LogP contribution in [0.2, 0.25) is 5.02 Å². The largest absolute Gasteiger partial charge is 0.383 e. The molecule has 1 aliphatic rings. The number of nitrogens with two attached hydrogens (primary N) is 1. The van der Waals surface area contributed by atoms with Gasteiger partial charge in [0.15, 0.2) is 5.65 Å². The van der Waals surface area contributed by atoms with Crippen molar-refractivity contribution in [2.45, 2.75) is 25.4 Å². The van der Waals surface area contributed by atoms with Crippen molar-refractivity contribution in [3.63, 3.8) is 0 Å². The summed E-state index contributed by atoms with van der Waals surface area (Å²) < 4.78 is 2.02. The van der Waals surface area contributed by atoms with Crippen LogP contribution < -0.4 is 5.73 Å². The monoisotopic (exact) mass is 418 g/mol. The van der Waals surface area contributed by atoms with Gasteiger partial charge in [0.25, 0.3) is 0 Å². The molecule has 2 aromatic heterocycles. The Morgan fingerprint density at radius 3 is 2.57 bits per heavy atom. The number of nitrogen functional groups attached to an aromatic ring is 1. The maximum absolute atomic E-state index is 6.12. The van der Waals surface area contributed by atoms with Crippen LogP contribution in [0.1, 0.15) is 24.4 Å². The molecule has 0 atom stereocenters. The highest BCUT2D eigenvalue weighted by Gasteiger charge is 2.23. The average molecular weight is 419 g/mol. The SMILES string of the molecule is Nc1ncnc2c1cnn2C1CCN(Cc2ccc(-c3cccc(Cl)c3)cc2)CC1. The number of benzene rings is 2. The number of halogens is 1. The molecule has 0 unspecified atom stereocenters. The first-order valence-electron chi connectivity index (χ1n) is 10.2. The first kappa shape index (κ1) is 19.0. The van der Waals surface area contributed by atoms with E-state index < -0.39 is 0 Å². The molecule has 3 heterocycles. The minimum atomic E-state index is 0.346. The highest BCUT2D eigenvalue weighted by molar-refractivity contribution is 6.30. The molecule has 2 aromatic carbocycles. The molecule has 0 aliphatic carbocycles. The molecule has 0 saturated carbocycles. The van der Waals surface area contributed by atoms with E-state index in [1.807, 2.05) is 22.9 Å². The van der Waals surface area contributed by atoms with E-state index in [-0.39, 0.29) is 0 Å². The van der Waals surface area contributed by atoms with Crippen LogP contribution in [0, 0.1) is 0 Å². The second kappa shape index (κ2) is 8.05. The van der Waals surface area contributed by atoms with Gasteiger partial charge in [0.1, 0.15) is 12.1 Å². The zero-order valence-electron chi connectivity index (χ0n) is 16.6. The van der Waals surface area contributed by atoms with Crippen LogP contribution in [-0.2, 0) is 6.54 Å². The van der Waals surface area contributed by atoms with E-state index in [1.54, 1.807) is 6.20 Å². The number of nitrogens with zero attached hydrogens (tertiary/aromatic N) is 5. The maximum Gasteiger partial charge on any atom is 0.163 e. The molecule has 30 heavy (non-hydrogen) atoms. The van der Waals surface area contributed by atoms with E-state index in [1.165, 1.54) is 17.5 Å². The predicted octanol–water partition coefficient (Wildman–Crippen LogP) is 4.57. The zero-order chi connectivity index (χ0) is 20.5. The Balaban J connectivity index is 1.22. The molecule has 1 saturated heterocycles. The van der Waals surface area contributed by atoms with Crippen molar-refractivity contribution in [3.8, 4) is 11.1 Å². The molecular weight excluding hydrogens is 396 g/mol. The standard InChI is InChI=1S/C23H23ClN6/c24-19-3-1-2-18(12-19)17-6-4-16(5-7-17)14-29-10-8-20(9-11-29)30-23-21(13-28-30)22(25)26-15-27-23/h1-7,12-13,15,20H,8-11,14H2,(H2,25,26,27). The molecule has 2 N–H and O–H groups in total. The van der Waals surface area contributed by atoms with Crippen LogP contribution in [0.15, 0.2) is 61.1 Å². The number of fused-ring (bicyclic) bond motifs is 1. The predicted molar refractivity (Wildman–Crippen MR) is 120 cm³/mol. The van der Waals surface area contributed by atoms with E-state index in [9.17, 15) is 0 Å². The fourth-order valence-corrected chi connectivity index (χ4v) is 4.39. The maximum atomic E-state index is 6.12. The molecule has 7 heteroatoms. The third-order valence-electron chi connectivity index (χ3n) is 5.84. The Morgan fingerprint density at radius 2 is 1.80 bits per heavy atom. The van der Waals surface area contributed by atoms with Crippen molar-refractivity contribution in [1.29, 1.82) is 0 Å². The summed E-state index contributed by atoms with van der Waals surface area (Å²) in [6, 6.07) is 17.1. The molecule has 0 spiro atoms. The second-order valence-electron chi connectivity index (χ2n) is 7.80. The van der Waals surface area contributed by atoms with Crippen LogP contribution >= 0.6 is 11.6 Å². The van der Waals surface area contributed by atoms with E-state index in [0.717, 1.165) is 54.1 Å². The molecular formula is C23H23ClN6. The number of piperidine rings is 1. The van der Waals surface area contributed by atoms with Gasteiger partial charge in [-0.05, 0) is 41.7 Å². The van der Waals surface area contributed by atoms with Crippen LogP contribution in [0.4, 0.5) is 5.82 Å². The molecule has 6 nitrogen and oxygen atoms in total. The lowest BCUT2D eigenvalue weighted by atomic mass is 10.0. The van der Waals surface area contributed by atoms with Gasteiger partial charge in [-0.2, -0.15) is 5.10 Å². The van der Waals surface area contributed by atoms with Crippen LogP contribution in [-0.4, -0.2) is 37.7 Å². The van der Waals surface area contributed by atoms with Gasteiger partial charge in [-0.3, -0.25) is 4.90 Å². The fourth-order valence-electron chi connectivity index (χ4n) is 4.20. The summed E-state index contributed by atoms with van der Waals surface area (Å²) in [4.78, 5) is 10.9. The first-order valence-corrected chi connectivity index (χ1v) is 10.6. The molecule has 5 rings (SSSR count). The third kappa shape index (κ3) is 3.76. The summed E-state index contributed by atoms with van der Waals surface area (Å²) >= 11 is 6.12. The Hall–Kier alpha value is -2.96. The summed E-state index contributed by atoms with van der Waals surface area (Å²) in [6.45, 7) is 3.02. The summed E-state index contributed by atoms with van der Waals surface area (Å²) in [5.74, 6) is 0.491. The van der Waals surface area contributed by atoms with Crippen molar-refractivity contribution >= 4 is 28.5 Å². The van der Waals surface area contributed by atoms with Gasteiger partial charge in [0.2, 0.25) is 0 Å². The lowest BCUT2D eigenvalue weighted by molar-refractivity contribution is 0.175. The highest BCUT2D eigenvalue weighted by Crippen LogP contribution is 2.28. The summed E-state index contributed by atoms with van der Waals surface area (Å²) in [5, 5.41) is 6.14. The Morgan fingerprint density at radius 1 is 1.00 bits per heavy atom. The number of anilines is 1. The van der Waals surface area contributed by atoms with Gasteiger partial charge >= 0.3 is 0 Å². The van der Waals surface area contributed by atoms with Gasteiger partial charge in [0.05, 0.1) is 17.6 Å².